The Morgan fingerprint density at radius 2 is 1.67 bits per heavy atom. The molecule has 7 nitrogen and oxygen atoms in total. The summed E-state index contributed by atoms with van der Waals surface area (Å²) in [4.78, 5) is 12.3. The van der Waals surface area contributed by atoms with Crippen molar-refractivity contribution in [1.29, 1.82) is 0 Å². The summed E-state index contributed by atoms with van der Waals surface area (Å²) < 4.78 is 53.4. The minimum atomic E-state index is -3.46. The van der Waals surface area contributed by atoms with Crippen molar-refractivity contribution < 1.29 is 22.0 Å². The summed E-state index contributed by atoms with van der Waals surface area (Å²) in [5, 5.41) is 6.43. The van der Waals surface area contributed by atoms with Crippen LogP contribution in [-0.2, 0) is 10.0 Å². The van der Waals surface area contributed by atoms with Gasteiger partial charge in [0.05, 0.1) is 11.9 Å². The lowest BCUT2D eigenvalue weighted by atomic mass is 10.2. The van der Waals surface area contributed by atoms with Crippen molar-refractivity contribution in [2.45, 2.75) is 0 Å². The molecule has 27 heavy (non-hydrogen) atoms. The highest BCUT2D eigenvalue weighted by molar-refractivity contribution is 7.92. The number of hydrogen-bond acceptors (Lipinski definition) is 4. The summed E-state index contributed by atoms with van der Waals surface area (Å²) in [5.74, 6) is -2.25. The van der Waals surface area contributed by atoms with Crippen molar-refractivity contribution in [3.63, 3.8) is 0 Å². The van der Waals surface area contributed by atoms with Gasteiger partial charge in [0.25, 0.3) is 5.91 Å². The third-order valence-electron chi connectivity index (χ3n) is 3.41. The topological polar surface area (TPSA) is 93.1 Å². The second-order valence-electron chi connectivity index (χ2n) is 5.62. The van der Waals surface area contributed by atoms with Gasteiger partial charge in [-0.3, -0.25) is 9.52 Å². The van der Waals surface area contributed by atoms with Gasteiger partial charge >= 0.3 is 0 Å². The average molecular weight is 392 g/mol. The summed E-state index contributed by atoms with van der Waals surface area (Å²) in [6.07, 6.45) is 2.27. The van der Waals surface area contributed by atoms with Crippen molar-refractivity contribution in [3.05, 3.63) is 72.1 Å². The number of carbonyl (C=O) groups excluding carboxylic acids is 1. The summed E-state index contributed by atoms with van der Waals surface area (Å²) in [6, 6.07) is 10.7. The summed E-state index contributed by atoms with van der Waals surface area (Å²) in [6.45, 7) is 0. The SMILES string of the molecule is CS(=O)(=O)Nc1cccc(NC(=O)c2ccn(-c3c(F)cccc3F)n2)c1. The first-order valence-corrected chi connectivity index (χ1v) is 9.51. The van der Waals surface area contributed by atoms with Crippen molar-refractivity contribution in [2.24, 2.45) is 0 Å². The molecule has 0 fully saturated rings. The van der Waals surface area contributed by atoms with Gasteiger partial charge < -0.3 is 5.32 Å². The Balaban J connectivity index is 1.80. The monoisotopic (exact) mass is 392 g/mol. The first-order valence-electron chi connectivity index (χ1n) is 7.62. The minimum Gasteiger partial charge on any atom is -0.321 e. The van der Waals surface area contributed by atoms with E-state index >= 15 is 0 Å². The zero-order valence-corrected chi connectivity index (χ0v) is 14.8. The molecule has 140 valence electrons. The van der Waals surface area contributed by atoms with Gasteiger partial charge in [0.1, 0.15) is 5.69 Å². The Bertz CT molecular complexity index is 1090. The zero-order valence-electron chi connectivity index (χ0n) is 14.0. The number of sulfonamides is 1. The Labute approximate surface area is 153 Å². The molecule has 0 bridgehead atoms. The summed E-state index contributed by atoms with van der Waals surface area (Å²) >= 11 is 0. The van der Waals surface area contributed by atoms with Crippen molar-refractivity contribution in [1.82, 2.24) is 9.78 Å². The average Bonchev–Trinajstić information content (AvgIpc) is 3.03. The molecule has 10 heteroatoms. The van der Waals surface area contributed by atoms with Crippen LogP contribution in [0.4, 0.5) is 20.2 Å². The lowest BCUT2D eigenvalue weighted by Gasteiger charge is -2.07. The highest BCUT2D eigenvalue weighted by Gasteiger charge is 2.15. The molecule has 0 aliphatic heterocycles. The molecule has 2 N–H and O–H groups in total. The molecule has 0 radical (unpaired) electrons. The second kappa shape index (κ2) is 7.16. The first-order chi connectivity index (χ1) is 12.7. The van der Waals surface area contributed by atoms with E-state index in [1.54, 1.807) is 12.1 Å². The number of carbonyl (C=O) groups is 1. The van der Waals surface area contributed by atoms with Gasteiger partial charge in [-0.2, -0.15) is 5.10 Å². The quantitative estimate of drug-likeness (QED) is 0.698. The number of amides is 1. The molecule has 0 saturated carbocycles. The van der Waals surface area contributed by atoms with E-state index in [-0.39, 0.29) is 11.4 Å². The molecule has 0 unspecified atom stereocenters. The Morgan fingerprint density at radius 1 is 1.04 bits per heavy atom. The molecule has 3 rings (SSSR count). The number of aromatic nitrogens is 2. The van der Waals surface area contributed by atoms with E-state index < -0.39 is 33.3 Å². The number of nitrogens with zero attached hydrogens (tertiary/aromatic N) is 2. The molecule has 0 saturated heterocycles. The van der Waals surface area contributed by atoms with Crippen LogP contribution in [0, 0.1) is 11.6 Å². The van der Waals surface area contributed by atoms with E-state index in [2.05, 4.69) is 15.1 Å². The Kier molecular flexibility index (Phi) is 4.91. The van der Waals surface area contributed by atoms with Crippen LogP contribution < -0.4 is 10.0 Å². The van der Waals surface area contributed by atoms with Crippen LogP contribution in [0.2, 0.25) is 0 Å². The van der Waals surface area contributed by atoms with Gasteiger partial charge in [-0.15, -0.1) is 0 Å². The van der Waals surface area contributed by atoms with Gasteiger partial charge in [-0.1, -0.05) is 12.1 Å². The molecule has 1 amide bonds. The molecule has 1 heterocycles. The predicted molar refractivity (Wildman–Crippen MR) is 96.3 cm³/mol. The number of nitrogens with one attached hydrogen (secondary N) is 2. The fourth-order valence-electron chi connectivity index (χ4n) is 2.35. The van der Waals surface area contributed by atoms with Crippen LogP contribution in [-0.4, -0.2) is 30.4 Å². The van der Waals surface area contributed by atoms with Gasteiger partial charge in [0.15, 0.2) is 17.3 Å². The molecule has 0 aliphatic carbocycles. The molecule has 2 aromatic carbocycles. The second-order valence-corrected chi connectivity index (χ2v) is 7.37. The lowest BCUT2D eigenvalue weighted by Crippen LogP contribution is -2.14. The maximum Gasteiger partial charge on any atom is 0.276 e. The fourth-order valence-corrected chi connectivity index (χ4v) is 2.90. The fraction of sp³-hybridized carbons (Fsp3) is 0.0588. The normalized spacial score (nSPS) is 11.2. The van der Waals surface area contributed by atoms with Crippen molar-refractivity contribution in [3.8, 4) is 5.69 Å². The van der Waals surface area contributed by atoms with Crippen LogP contribution in [0.15, 0.2) is 54.7 Å². The Hall–Kier alpha value is -3.27. The number of rotatable bonds is 5. The number of anilines is 2. The Morgan fingerprint density at radius 3 is 2.33 bits per heavy atom. The lowest BCUT2D eigenvalue weighted by molar-refractivity contribution is 0.102. The van der Waals surface area contributed by atoms with E-state index in [9.17, 15) is 22.0 Å². The predicted octanol–water partition coefficient (Wildman–Crippen LogP) is 2.77. The van der Waals surface area contributed by atoms with Gasteiger partial charge in [0.2, 0.25) is 10.0 Å². The number of para-hydroxylation sites is 1. The molecule has 0 atom stereocenters. The number of benzene rings is 2. The van der Waals surface area contributed by atoms with E-state index in [4.69, 9.17) is 0 Å². The number of hydrogen-bond donors (Lipinski definition) is 2. The van der Waals surface area contributed by atoms with E-state index in [0.717, 1.165) is 23.1 Å². The molecular weight excluding hydrogens is 378 g/mol. The largest absolute Gasteiger partial charge is 0.321 e. The highest BCUT2D eigenvalue weighted by Crippen LogP contribution is 2.19. The third-order valence-corrected chi connectivity index (χ3v) is 4.02. The van der Waals surface area contributed by atoms with Crippen LogP contribution in [0.1, 0.15) is 10.5 Å². The van der Waals surface area contributed by atoms with E-state index in [0.29, 0.717) is 5.69 Å². The standard InChI is InChI=1S/C17H14F2N4O3S/c1-27(25,26)22-12-5-2-4-11(10-12)20-17(24)15-8-9-23(21-15)16-13(18)6-3-7-14(16)19/h2-10,22H,1H3,(H,20,24). The minimum absolute atomic E-state index is 0.0703. The maximum atomic E-state index is 13.8. The molecule has 1 aromatic heterocycles. The van der Waals surface area contributed by atoms with Crippen molar-refractivity contribution in [2.75, 3.05) is 16.3 Å². The molecule has 0 aliphatic rings. The third kappa shape index (κ3) is 4.47. The first kappa shape index (κ1) is 18.5. The zero-order chi connectivity index (χ0) is 19.6. The van der Waals surface area contributed by atoms with Crippen LogP contribution >= 0.6 is 0 Å². The summed E-state index contributed by atoms with van der Waals surface area (Å²) in [7, 11) is -3.46. The molecule has 3 aromatic rings. The van der Waals surface area contributed by atoms with E-state index in [1.807, 2.05) is 0 Å². The van der Waals surface area contributed by atoms with Gasteiger partial charge in [-0.25, -0.2) is 21.9 Å². The van der Waals surface area contributed by atoms with Crippen LogP contribution in [0.3, 0.4) is 0 Å². The highest BCUT2D eigenvalue weighted by atomic mass is 32.2. The molecular formula is C17H14F2N4O3S. The summed E-state index contributed by atoms with van der Waals surface area (Å²) in [5.41, 5.74) is 0.129. The maximum absolute atomic E-state index is 13.8. The van der Waals surface area contributed by atoms with Crippen LogP contribution in [0.5, 0.6) is 0 Å². The van der Waals surface area contributed by atoms with Crippen LogP contribution in [0.25, 0.3) is 5.69 Å². The van der Waals surface area contributed by atoms with E-state index in [1.165, 1.54) is 30.5 Å². The molecule has 0 spiro atoms. The smallest absolute Gasteiger partial charge is 0.276 e. The van der Waals surface area contributed by atoms with Gasteiger partial charge in [0, 0.05) is 11.9 Å². The van der Waals surface area contributed by atoms with Crippen molar-refractivity contribution >= 4 is 27.3 Å². The number of halogens is 2. The van der Waals surface area contributed by atoms with Gasteiger partial charge in [-0.05, 0) is 36.4 Å².